The molecule has 2 heterocycles. The number of methoxy groups -OCH3 is 2. The first kappa shape index (κ1) is 23.4. The molecule has 9 nitrogen and oxygen atoms in total. The predicted octanol–water partition coefficient (Wildman–Crippen LogP) is 2.81. The van der Waals surface area contributed by atoms with Gasteiger partial charge in [0.2, 0.25) is 6.79 Å². The van der Waals surface area contributed by atoms with Crippen LogP contribution in [0.4, 0.5) is 0 Å². The molecule has 2 aliphatic rings. The maximum atomic E-state index is 13.3. The molecule has 34 heavy (non-hydrogen) atoms. The lowest BCUT2D eigenvalue weighted by molar-refractivity contribution is -0.140. The first-order chi connectivity index (χ1) is 16.4. The van der Waals surface area contributed by atoms with Crippen molar-refractivity contribution in [3.05, 3.63) is 53.1 Å². The van der Waals surface area contributed by atoms with Crippen molar-refractivity contribution in [2.45, 2.75) is 12.5 Å². The number of Topliss-reactive ketones (excluding diaryl/α,β-unsaturated/α-hetero) is 1. The number of para-hydroxylation sites is 1. The van der Waals surface area contributed by atoms with Gasteiger partial charge in [-0.05, 0) is 51.3 Å². The summed E-state index contributed by atoms with van der Waals surface area (Å²) in [6, 6.07) is 9.29. The molecule has 0 radical (unpaired) electrons. The van der Waals surface area contributed by atoms with E-state index >= 15 is 0 Å². The van der Waals surface area contributed by atoms with Crippen molar-refractivity contribution in [2.24, 2.45) is 0 Å². The van der Waals surface area contributed by atoms with Crippen LogP contribution in [-0.2, 0) is 9.59 Å². The van der Waals surface area contributed by atoms with Crippen LogP contribution in [0.3, 0.4) is 0 Å². The number of likely N-dealkylation sites (tertiary alicyclic amines) is 1. The lowest BCUT2D eigenvalue weighted by Gasteiger charge is -2.27. The van der Waals surface area contributed by atoms with Crippen LogP contribution in [0.25, 0.3) is 5.76 Å². The average Bonchev–Trinajstić information content (AvgIpc) is 3.40. The summed E-state index contributed by atoms with van der Waals surface area (Å²) in [5.41, 5.74) is 0.885. The third kappa shape index (κ3) is 4.14. The Balaban J connectivity index is 1.86. The highest BCUT2D eigenvalue weighted by atomic mass is 16.7. The van der Waals surface area contributed by atoms with Crippen molar-refractivity contribution in [1.82, 2.24) is 9.80 Å². The maximum Gasteiger partial charge on any atom is 0.295 e. The van der Waals surface area contributed by atoms with Crippen LogP contribution >= 0.6 is 0 Å². The Bertz CT molecular complexity index is 1140. The van der Waals surface area contributed by atoms with E-state index in [1.54, 1.807) is 36.4 Å². The second kappa shape index (κ2) is 9.64. The van der Waals surface area contributed by atoms with E-state index in [1.807, 2.05) is 19.0 Å². The number of ketones is 1. The SMILES string of the molecule is COc1cccc(C2C(=C(O)c3ccc4c(c3)OCO4)C(=O)C(=O)N2CCCN(C)C)c1OC. The van der Waals surface area contributed by atoms with Crippen molar-refractivity contribution < 1.29 is 33.6 Å². The monoisotopic (exact) mass is 468 g/mol. The molecule has 2 aliphatic heterocycles. The molecule has 1 saturated heterocycles. The molecular formula is C25H28N2O7. The second-order valence-corrected chi connectivity index (χ2v) is 8.30. The minimum absolute atomic E-state index is 0.0136. The Morgan fingerprint density at radius 3 is 2.59 bits per heavy atom. The van der Waals surface area contributed by atoms with Gasteiger partial charge in [-0.1, -0.05) is 12.1 Å². The third-order valence-electron chi connectivity index (χ3n) is 5.92. The molecule has 0 saturated carbocycles. The van der Waals surface area contributed by atoms with Crippen LogP contribution in [0, 0.1) is 0 Å². The van der Waals surface area contributed by atoms with Gasteiger partial charge in [0.15, 0.2) is 23.0 Å². The van der Waals surface area contributed by atoms with E-state index in [-0.39, 0.29) is 18.1 Å². The van der Waals surface area contributed by atoms with Gasteiger partial charge in [0.1, 0.15) is 5.76 Å². The number of aliphatic hydroxyl groups excluding tert-OH is 1. The van der Waals surface area contributed by atoms with Crippen LogP contribution in [0.1, 0.15) is 23.6 Å². The highest BCUT2D eigenvalue weighted by molar-refractivity contribution is 6.46. The Labute approximate surface area is 198 Å². The van der Waals surface area contributed by atoms with Gasteiger partial charge >= 0.3 is 0 Å². The number of benzene rings is 2. The lowest BCUT2D eigenvalue weighted by Crippen LogP contribution is -2.32. The molecule has 180 valence electrons. The molecule has 1 atom stereocenters. The van der Waals surface area contributed by atoms with Crippen LogP contribution in [-0.4, -0.2) is 74.8 Å². The molecule has 0 aromatic heterocycles. The first-order valence-electron chi connectivity index (χ1n) is 10.9. The number of carbonyl (C=O) groups excluding carboxylic acids is 2. The van der Waals surface area contributed by atoms with Crippen molar-refractivity contribution in [3.63, 3.8) is 0 Å². The molecule has 0 aliphatic carbocycles. The van der Waals surface area contributed by atoms with Crippen molar-refractivity contribution in [1.29, 1.82) is 0 Å². The van der Waals surface area contributed by atoms with E-state index in [0.717, 1.165) is 6.54 Å². The number of carbonyl (C=O) groups is 2. The smallest absolute Gasteiger partial charge is 0.295 e. The van der Waals surface area contributed by atoms with Crippen LogP contribution < -0.4 is 18.9 Å². The number of aliphatic hydroxyl groups is 1. The van der Waals surface area contributed by atoms with Crippen molar-refractivity contribution >= 4 is 17.4 Å². The zero-order valence-corrected chi connectivity index (χ0v) is 19.7. The highest BCUT2D eigenvalue weighted by Crippen LogP contribution is 2.46. The van der Waals surface area contributed by atoms with E-state index < -0.39 is 17.7 Å². The quantitative estimate of drug-likeness (QED) is 0.359. The molecule has 1 fully saturated rings. The topological polar surface area (TPSA) is 97.8 Å². The molecule has 2 aromatic carbocycles. The lowest BCUT2D eigenvalue weighted by atomic mass is 9.94. The maximum absolute atomic E-state index is 13.3. The van der Waals surface area contributed by atoms with Gasteiger partial charge in [0.05, 0.1) is 25.8 Å². The Morgan fingerprint density at radius 1 is 1.12 bits per heavy atom. The summed E-state index contributed by atoms with van der Waals surface area (Å²) >= 11 is 0. The minimum Gasteiger partial charge on any atom is -0.507 e. The minimum atomic E-state index is -0.849. The summed E-state index contributed by atoms with van der Waals surface area (Å²) in [6.45, 7) is 1.13. The van der Waals surface area contributed by atoms with Crippen molar-refractivity contribution in [2.75, 3.05) is 48.2 Å². The summed E-state index contributed by atoms with van der Waals surface area (Å²) in [7, 11) is 6.90. The zero-order chi connectivity index (χ0) is 24.4. The molecule has 9 heteroatoms. The summed E-state index contributed by atoms with van der Waals surface area (Å²) in [5.74, 6) is 0.145. The fourth-order valence-electron chi connectivity index (χ4n) is 4.32. The van der Waals surface area contributed by atoms with Gasteiger partial charge in [-0.25, -0.2) is 0 Å². The number of ether oxygens (including phenoxy) is 4. The van der Waals surface area contributed by atoms with E-state index in [4.69, 9.17) is 18.9 Å². The van der Waals surface area contributed by atoms with Crippen molar-refractivity contribution in [3.8, 4) is 23.0 Å². The molecule has 2 aromatic rings. The Kier molecular flexibility index (Phi) is 6.65. The molecule has 0 spiro atoms. The Morgan fingerprint density at radius 2 is 1.88 bits per heavy atom. The molecule has 0 bridgehead atoms. The first-order valence-corrected chi connectivity index (χ1v) is 10.9. The number of hydrogen-bond donors (Lipinski definition) is 1. The number of fused-ring (bicyclic) bond motifs is 1. The highest BCUT2D eigenvalue weighted by Gasteiger charge is 2.47. The summed E-state index contributed by atoms with van der Waals surface area (Å²) in [5, 5.41) is 11.3. The molecule has 1 unspecified atom stereocenters. The zero-order valence-electron chi connectivity index (χ0n) is 19.7. The normalized spacial score (nSPS) is 18.6. The summed E-state index contributed by atoms with van der Waals surface area (Å²) < 4.78 is 21.8. The fourth-order valence-corrected chi connectivity index (χ4v) is 4.32. The molecule has 1 N–H and O–H groups in total. The fraction of sp³-hybridized carbons (Fsp3) is 0.360. The summed E-state index contributed by atoms with van der Waals surface area (Å²) in [4.78, 5) is 29.9. The van der Waals surface area contributed by atoms with Crippen LogP contribution in [0.15, 0.2) is 42.0 Å². The molecule has 4 rings (SSSR count). The van der Waals surface area contributed by atoms with E-state index in [0.29, 0.717) is 47.1 Å². The van der Waals surface area contributed by atoms with E-state index in [2.05, 4.69) is 0 Å². The van der Waals surface area contributed by atoms with Gasteiger partial charge in [0.25, 0.3) is 11.7 Å². The second-order valence-electron chi connectivity index (χ2n) is 8.30. The van der Waals surface area contributed by atoms with Crippen LogP contribution in [0.5, 0.6) is 23.0 Å². The van der Waals surface area contributed by atoms with E-state index in [9.17, 15) is 14.7 Å². The number of amides is 1. The third-order valence-corrected chi connectivity index (χ3v) is 5.92. The summed E-state index contributed by atoms with van der Waals surface area (Å²) in [6.07, 6.45) is 0.646. The number of hydrogen-bond acceptors (Lipinski definition) is 8. The van der Waals surface area contributed by atoms with Gasteiger partial charge in [-0.2, -0.15) is 0 Å². The van der Waals surface area contributed by atoms with E-state index in [1.165, 1.54) is 19.1 Å². The van der Waals surface area contributed by atoms with Gasteiger partial charge in [-0.3, -0.25) is 9.59 Å². The van der Waals surface area contributed by atoms with Gasteiger partial charge < -0.3 is 33.9 Å². The number of rotatable bonds is 8. The molecular weight excluding hydrogens is 440 g/mol. The molecule has 1 amide bonds. The average molecular weight is 469 g/mol. The van der Waals surface area contributed by atoms with Crippen LogP contribution in [0.2, 0.25) is 0 Å². The standard InChI is InChI=1S/C25H28N2O7/c1-26(2)11-6-12-27-21(16-7-5-8-18(31-3)24(16)32-4)20(23(29)25(27)30)22(28)15-9-10-17-19(13-15)34-14-33-17/h5,7-10,13,21,28H,6,11-12,14H2,1-4H3. The van der Waals surface area contributed by atoms with Gasteiger partial charge in [0, 0.05) is 17.7 Å². The largest absolute Gasteiger partial charge is 0.507 e. The van der Waals surface area contributed by atoms with Gasteiger partial charge in [-0.15, -0.1) is 0 Å². The Hall–Kier alpha value is -3.72. The number of nitrogens with zero attached hydrogens (tertiary/aromatic N) is 2. The predicted molar refractivity (Wildman–Crippen MR) is 124 cm³/mol.